The van der Waals surface area contributed by atoms with Crippen molar-refractivity contribution in [2.24, 2.45) is 10.2 Å². The van der Waals surface area contributed by atoms with E-state index in [2.05, 4.69) is 27.0 Å². The molecule has 0 aromatic heterocycles. The second-order valence-corrected chi connectivity index (χ2v) is 9.20. The fourth-order valence-corrected chi connectivity index (χ4v) is 5.01. The zero-order valence-electron chi connectivity index (χ0n) is 18.1. The summed E-state index contributed by atoms with van der Waals surface area (Å²) in [7, 11) is 0. The number of hydrogen-bond acceptors (Lipinski definition) is 6. The van der Waals surface area contributed by atoms with Crippen LogP contribution in [0.1, 0.15) is 6.92 Å². The lowest BCUT2D eigenvalue weighted by Gasteiger charge is -2.51. The first kappa shape index (κ1) is 22.9. The molecular formula is C22H27Cl2N6O2+. The van der Waals surface area contributed by atoms with Crippen molar-refractivity contribution in [2.45, 2.75) is 6.92 Å². The molecule has 3 saturated heterocycles. The Balaban J connectivity index is 1.41. The average molecular weight is 478 g/mol. The summed E-state index contributed by atoms with van der Waals surface area (Å²) in [5.41, 5.74) is 1.85. The molecule has 0 amide bonds. The third-order valence-corrected chi connectivity index (χ3v) is 7.17. The van der Waals surface area contributed by atoms with Gasteiger partial charge in [0, 0.05) is 44.0 Å². The van der Waals surface area contributed by atoms with E-state index in [0.717, 1.165) is 18.8 Å². The molecular weight excluding hydrogens is 451 g/mol. The molecule has 0 radical (unpaired) electrons. The Labute approximate surface area is 197 Å². The van der Waals surface area contributed by atoms with Gasteiger partial charge >= 0.3 is 0 Å². The highest BCUT2D eigenvalue weighted by atomic mass is 35.5. The summed E-state index contributed by atoms with van der Waals surface area (Å²) in [5.74, 6) is 0. The molecule has 2 aromatic carbocycles. The number of azo groups is 1. The Hall–Kier alpha value is -2.26. The number of non-ortho nitro benzene ring substituents is 1. The van der Waals surface area contributed by atoms with Crippen molar-refractivity contribution in [3.05, 3.63) is 56.6 Å². The predicted molar refractivity (Wildman–Crippen MR) is 128 cm³/mol. The minimum atomic E-state index is -0.549. The van der Waals surface area contributed by atoms with Gasteiger partial charge in [-0.3, -0.25) is 15.0 Å². The fraction of sp³-hybridized carbons (Fsp3) is 0.455. The van der Waals surface area contributed by atoms with Crippen molar-refractivity contribution in [2.75, 3.05) is 63.8 Å². The number of benzene rings is 2. The number of likely N-dealkylation sites (N-methyl/N-ethyl adjacent to an activating group) is 1. The van der Waals surface area contributed by atoms with Crippen molar-refractivity contribution < 1.29 is 9.41 Å². The number of nitrogens with zero attached hydrogens (tertiary/aromatic N) is 6. The van der Waals surface area contributed by atoms with Crippen molar-refractivity contribution in [3.8, 4) is 0 Å². The van der Waals surface area contributed by atoms with E-state index in [9.17, 15) is 10.1 Å². The van der Waals surface area contributed by atoms with Gasteiger partial charge in [0.1, 0.15) is 5.69 Å². The maximum absolute atomic E-state index is 10.9. The van der Waals surface area contributed by atoms with E-state index in [1.165, 1.54) is 62.4 Å². The molecule has 3 heterocycles. The molecule has 0 N–H and O–H groups in total. The SMILES string of the molecule is CCN(CC[N+]12CCN(CC1)CC2)c1ccc(/N=N/c2c(Cl)cc([N+](=O)[O-])cc2Cl)cc1. The topological polar surface area (TPSA) is 74.3 Å². The minimum absolute atomic E-state index is 0.0905. The quantitative estimate of drug-likeness (QED) is 0.224. The molecule has 8 nitrogen and oxygen atoms in total. The van der Waals surface area contributed by atoms with Gasteiger partial charge in [-0.15, -0.1) is 5.11 Å². The first-order valence-electron chi connectivity index (χ1n) is 10.9. The fourth-order valence-electron chi connectivity index (χ4n) is 4.46. The molecule has 32 heavy (non-hydrogen) atoms. The molecule has 3 fully saturated rings. The molecule has 2 aromatic rings. The Morgan fingerprint density at radius 1 is 1.06 bits per heavy atom. The van der Waals surface area contributed by atoms with Crippen LogP contribution in [0.15, 0.2) is 46.6 Å². The number of rotatable bonds is 8. The van der Waals surface area contributed by atoms with Crippen molar-refractivity contribution in [3.63, 3.8) is 0 Å². The lowest BCUT2D eigenvalue weighted by molar-refractivity contribution is -0.939. The Kier molecular flexibility index (Phi) is 6.95. The van der Waals surface area contributed by atoms with Crippen LogP contribution < -0.4 is 4.90 Å². The molecule has 0 spiro atoms. The van der Waals surface area contributed by atoms with Crippen molar-refractivity contribution in [1.82, 2.24) is 4.90 Å². The number of quaternary nitrogens is 1. The van der Waals surface area contributed by atoms with E-state index >= 15 is 0 Å². The van der Waals surface area contributed by atoms with Gasteiger partial charge in [-0.05, 0) is 31.2 Å². The zero-order valence-corrected chi connectivity index (χ0v) is 19.6. The number of fused-ring (bicyclic) bond motifs is 3. The molecule has 0 atom stereocenters. The van der Waals surface area contributed by atoms with Crippen LogP contribution in [0.25, 0.3) is 0 Å². The molecule has 3 aliphatic heterocycles. The van der Waals surface area contributed by atoms with E-state index in [-0.39, 0.29) is 21.4 Å². The first-order chi connectivity index (χ1) is 15.4. The van der Waals surface area contributed by atoms with Gasteiger partial charge in [0.05, 0.1) is 53.4 Å². The van der Waals surface area contributed by atoms with Crippen LogP contribution in [0.2, 0.25) is 10.0 Å². The molecule has 2 bridgehead atoms. The van der Waals surface area contributed by atoms with Gasteiger partial charge in [-0.1, -0.05) is 23.2 Å². The largest absolute Gasteiger partial charge is 0.366 e. The maximum atomic E-state index is 10.9. The highest BCUT2D eigenvalue weighted by Crippen LogP contribution is 2.38. The minimum Gasteiger partial charge on any atom is -0.366 e. The van der Waals surface area contributed by atoms with Crippen LogP contribution in [0.3, 0.4) is 0 Å². The van der Waals surface area contributed by atoms with Gasteiger partial charge in [0.15, 0.2) is 0 Å². The van der Waals surface area contributed by atoms with Crippen LogP contribution >= 0.6 is 23.2 Å². The van der Waals surface area contributed by atoms with Gasteiger partial charge in [-0.25, -0.2) is 0 Å². The number of nitro benzene ring substituents is 1. The van der Waals surface area contributed by atoms with E-state index in [1.54, 1.807) is 0 Å². The van der Waals surface area contributed by atoms with E-state index in [0.29, 0.717) is 5.69 Å². The second-order valence-electron chi connectivity index (χ2n) is 8.39. The number of halogens is 2. The smallest absolute Gasteiger partial charge is 0.272 e. The van der Waals surface area contributed by atoms with Crippen LogP contribution in [0.4, 0.5) is 22.7 Å². The Morgan fingerprint density at radius 3 is 2.19 bits per heavy atom. The van der Waals surface area contributed by atoms with Gasteiger partial charge in [0.2, 0.25) is 0 Å². The summed E-state index contributed by atoms with van der Waals surface area (Å²) in [6, 6.07) is 10.3. The monoisotopic (exact) mass is 477 g/mol. The highest BCUT2D eigenvalue weighted by molar-refractivity contribution is 6.39. The first-order valence-corrected chi connectivity index (χ1v) is 11.6. The van der Waals surface area contributed by atoms with Crippen molar-refractivity contribution in [1.29, 1.82) is 0 Å². The van der Waals surface area contributed by atoms with Gasteiger partial charge in [0.25, 0.3) is 5.69 Å². The van der Waals surface area contributed by atoms with Crippen LogP contribution in [0.5, 0.6) is 0 Å². The summed E-state index contributed by atoms with van der Waals surface area (Å²) in [4.78, 5) is 15.3. The standard InChI is InChI=1S/C22H27Cl2N6O2/c1-2-28(10-14-30-11-7-27(8-12-30)9-13-30)18-5-3-17(4-6-18)25-26-22-20(23)15-19(29(31)32)16-21(22)24/h3-6,15-16H,2,7-14H2,1H3/q+1/b26-25+. The van der Waals surface area contributed by atoms with Gasteiger partial charge in [-0.2, -0.15) is 5.11 Å². The summed E-state index contributed by atoms with van der Waals surface area (Å²) in [6.45, 7) is 12.8. The lowest BCUT2D eigenvalue weighted by atomic mass is 10.1. The average Bonchev–Trinajstić information content (AvgIpc) is 2.81. The molecule has 0 unspecified atom stereocenters. The van der Waals surface area contributed by atoms with E-state index in [1.807, 2.05) is 24.3 Å². The summed E-state index contributed by atoms with van der Waals surface area (Å²) in [6.07, 6.45) is 0. The van der Waals surface area contributed by atoms with Gasteiger partial charge < -0.3 is 9.38 Å². The van der Waals surface area contributed by atoms with E-state index < -0.39 is 4.92 Å². The lowest BCUT2D eigenvalue weighted by Crippen LogP contribution is -2.68. The number of anilines is 1. The van der Waals surface area contributed by atoms with Crippen LogP contribution in [-0.4, -0.2) is 73.2 Å². The molecule has 3 aliphatic rings. The second kappa shape index (κ2) is 9.70. The molecule has 0 aliphatic carbocycles. The Bertz CT molecular complexity index is 969. The number of nitro groups is 1. The predicted octanol–water partition coefficient (Wildman–Crippen LogP) is 5.29. The summed E-state index contributed by atoms with van der Waals surface area (Å²) in [5, 5.41) is 19.4. The number of hydrogen-bond donors (Lipinski definition) is 0. The van der Waals surface area contributed by atoms with Crippen molar-refractivity contribution >= 4 is 46.0 Å². The third kappa shape index (κ3) is 5.04. The Morgan fingerprint density at radius 2 is 1.66 bits per heavy atom. The molecule has 5 rings (SSSR count). The normalized spacial score (nSPS) is 22.4. The van der Waals surface area contributed by atoms with E-state index in [4.69, 9.17) is 23.2 Å². The molecule has 0 saturated carbocycles. The van der Waals surface area contributed by atoms with Crippen LogP contribution in [0, 0.1) is 10.1 Å². The van der Waals surface area contributed by atoms with Crippen LogP contribution in [-0.2, 0) is 0 Å². The summed E-state index contributed by atoms with van der Waals surface area (Å²) >= 11 is 12.2. The molecule has 170 valence electrons. The summed E-state index contributed by atoms with van der Waals surface area (Å²) < 4.78 is 1.25. The zero-order chi connectivity index (χ0) is 22.7. The third-order valence-electron chi connectivity index (χ3n) is 6.59. The molecule has 10 heteroatoms. The maximum Gasteiger partial charge on any atom is 0.272 e. The number of piperazine rings is 3. The highest BCUT2D eigenvalue weighted by Gasteiger charge is 2.38.